The Balaban J connectivity index is 1.47. The first kappa shape index (κ1) is 17.0. The first-order valence-electron chi connectivity index (χ1n) is 8.56. The molecule has 0 aliphatic rings. The van der Waals surface area contributed by atoms with Gasteiger partial charge < -0.3 is 10.1 Å². The van der Waals surface area contributed by atoms with E-state index in [1.54, 1.807) is 34.9 Å². The standard InChI is InChI=1S/C20H19N5O2/c1-27-14-24-10-9-19(23-24)20(26)22-17-11-21-25(13-17)12-16-7-4-6-15-5-2-3-8-18(15)16/h2-11,13H,12,14H2,1H3,(H,22,26). The number of nitrogens with one attached hydrogen (secondary N) is 1. The van der Waals surface area contributed by atoms with Gasteiger partial charge >= 0.3 is 0 Å². The fraction of sp³-hybridized carbons (Fsp3) is 0.150. The zero-order chi connectivity index (χ0) is 18.6. The van der Waals surface area contributed by atoms with E-state index in [1.165, 1.54) is 16.3 Å². The van der Waals surface area contributed by atoms with E-state index in [9.17, 15) is 4.79 Å². The molecule has 0 aliphatic heterocycles. The summed E-state index contributed by atoms with van der Waals surface area (Å²) in [5.74, 6) is -0.283. The number of hydrogen-bond donors (Lipinski definition) is 1. The number of hydrogen-bond acceptors (Lipinski definition) is 4. The highest BCUT2D eigenvalue weighted by Gasteiger charge is 2.11. The highest BCUT2D eigenvalue weighted by atomic mass is 16.5. The van der Waals surface area contributed by atoms with Crippen LogP contribution in [0.15, 0.2) is 67.1 Å². The minimum Gasteiger partial charge on any atom is -0.362 e. The molecular weight excluding hydrogens is 342 g/mol. The quantitative estimate of drug-likeness (QED) is 0.573. The summed E-state index contributed by atoms with van der Waals surface area (Å²) in [5.41, 5.74) is 2.13. The fourth-order valence-electron chi connectivity index (χ4n) is 3.00. The normalized spacial score (nSPS) is 11.0. The number of carbonyl (C=O) groups is 1. The van der Waals surface area contributed by atoms with Crippen LogP contribution in [0.5, 0.6) is 0 Å². The topological polar surface area (TPSA) is 74.0 Å². The molecule has 0 saturated carbocycles. The molecule has 4 rings (SSSR count). The van der Waals surface area contributed by atoms with Gasteiger partial charge in [0.05, 0.1) is 18.4 Å². The Morgan fingerprint density at radius 2 is 1.96 bits per heavy atom. The molecule has 4 aromatic rings. The summed E-state index contributed by atoms with van der Waals surface area (Å²) in [5, 5.41) is 13.7. The van der Waals surface area contributed by atoms with Gasteiger partial charge in [0.1, 0.15) is 6.73 Å². The molecule has 7 heteroatoms. The smallest absolute Gasteiger partial charge is 0.276 e. The summed E-state index contributed by atoms with van der Waals surface area (Å²) < 4.78 is 8.35. The van der Waals surface area contributed by atoms with Gasteiger partial charge in [0.2, 0.25) is 0 Å². The molecule has 7 nitrogen and oxygen atoms in total. The van der Waals surface area contributed by atoms with E-state index in [-0.39, 0.29) is 5.91 Å². The van der Waals surface area contributed by atoms with Crippen LogP contribution in [0.2, 0.25) is 0 Å². The lowest BCUT2D eigenvalue weighted by Crippen LogP contribution is -2.13. The second-order valence-electron chi connectivity index (χ2n) is 6.18. The van der Waals surface area contributed by atoms with Crippen molar-refractivity contribution in [3.05, 3.63) is 78.4 Å². The summed E-state index contributed by atoms with van der Waals surface area (Å²) in [6, 6.07) is 16.1. The number of benzene rings is 2. The summed E-state index contributed by atoms with van der Waals surface area (Å²) in [6.45, 7) is 0.927. The molecular formula is C20H19N5O2. The van der Waals surface area contributed by atoms with Crippen molar-refractivity contribution in [2.75, 3.05) is 12.4 Å². The maximum absolute atomic E-state index is 12.3. The van der Waals surface area contributed by atoms with Gasteiger partial charge in [0, 0.05) is 19.5 Å². The zero-order valence-electron chi connectivity index (χ0n) is 14.9. The Kier molecular flexibility index (Phi) is 4.67. The Morgan fingerprint density at radius 1 is 1.11 bits per heavy atom. The number of rotatable bonds is 6. The highest BCUT2D eigenvalue weighted by Crippen LogP contribution is 2.19. The van der Waals surface area contributed by atoms with Crippen LogP contribution in [0.4, 0.5) is 5.69 Å². The van der Waals surface area contributed by atoms with Crippen molar-refractivity contribution in [3.8, 4) is 0 Å². The first-order chi connectivity index (χ1) is 13.2. The molecule has 0 aliphatic carbocycles. The summed E-state index contributed by atoms with van der Waals surface area (Å²) in [4.78, 5) is 12.3. The van der Waals surface area contributed by atoms with Gasteiger partial charge in [-0.2, -0.15) is 10.2 Å². The van der Waals surface area contributed by atoms with Crippen molar-refractivity contribution >= 4 is 22.4 Å². The molecule has 0 saturated heterocycles. The van der Waals surface area contributed by atoms with Gasteiger partial charge in [0.25, 0.3) is 5.91 Å². The van der Waals surface area contributed by atoms with E-state index in [4.69, 9.17) is 4.74 Å². The van der Waals surface area contributed by atoms with Crippen LogP contribution >= 0.6 is 0 Å². The molecule has 1 N–H and O–H groups in total. The molecule has 2 aromatic heterocycles. The number of anilines is 1. The van der Waals surface area contributed by atoms with Crippen molar-refractivity contribution in [1.29, 1.82) is 0 Å². The van der Waals surface area contributed by atoms with E-state index in [0.29, 0.717) is 24.7 Å². The van der Waals surface area contributed by atoms with Gasteiger partial charge in [0.15, 0.2) is 5.69 Å². The first-order valence-corrected chi connectivity index (χ1v) is 8.56. The van der Waals surface area contributed by atoms with Gasteiger partial charge in [-0.3, -0.25) is 9.48 Å². The monoisotopic (exact) mass is 361 g/mol. The lowest BCUT2D eigenvalue weighted by atomic mass is 10.0. The number of amides is 1. The van der Waals surface area contributed by atoms with Crippen molar-refractivity contribution in [2.24, 2.45) is 0 Å². The van der Waals surface area contributed by atoms with Gasteiger partial charge in [-0.15, -0.1) is 0 Å². The zero-order valence-corrected chi connectivity index (χ0v) is 14.9. The number of ether oxygens (including phenoxy) is 1. The molecule has 0 unspecified atom stereocenters. The summed E-state index contributed by atoms with van der Waals surface area (Å²) >= 11 is 0. The molecule has 2 heterocycles. The second kappa shape index (κ2) is 7.43. The molecule has 136 valence electrons. The minimum atomic E-state index is -0.283. The highest BCUT2D eigenvalue weighted by molar-refractivity contribution is 6.02. The molecule has 0 radical (unpaired) electrons. The SMILES string of the molecule is COCn1ccc(C(=O)Nc2cnn(Cc3cccc4ccccc34)c2)n1. The number of aromatic nitrogens is 4. The third kappa shape index (κ3) is 3.73. The van der Waals surface area contributed by atoms with Gasteiger partial charge in [-0.25, -0.2) is 4.68 Å². The van der Waals surface area contributed by atoms with Crippen LogP contribution in [0.1, 0.15) is 16.1 Å². The summed E-state index contributed by atoms with van der Waals surface area (Å²) in [7, 11) is 1.58. The Bertz CT molecular complexity index is 1080. The predicted octanol–water partition coefficient (Wildman–Crippen LogP) is 3.14. The van der Waals surface area contributed by atoms with E-state index in [2.05, 4.69) is 39.8 Å². The van der Waals surface area contributed by atoms with E-state index >= 15 is 0 Å². The third-order valence-corrected chi connectivity index (χ3v) is 4.24. The Morgan fingerprint density at radius 3 is 2.85 bits per heavy atom. The van der Waals surface area contributed by atoms with Gasteiger partial charge in [-0.05, 0) is 22.4 Å². The molecule has 0 fully saturated rings. The Labute approximate surface area is 156 Å². The van der Waals surface area contributed by atoms with Crippen LogP contribution in [0.25, 0.3) is 10.8 Å². The van der Waals surface area contributed by atoms with Gasteiger partial charge in [-0.1, -0.05) is 42.5 Å². The minimum absolute atomic E-state index is 0.283. The van der Waals surface area contributed by atoms with Crippen LogP contribution in [-0.2, 0) is 18.0 Å². The molecule has 2 aromatic carbocycles. The molecule has 0 bridgehead atoms. The molecule has 27 heavy (non-hydrogen) atoms. The fourth-order valence-corrected chi connectivity index (χ4v) is 3.00. The lowest BCUT2D eigenvalue weighted by molar-refractivity contribution is 0.101. The Hall–Kier alpha value is -3.45. The molecule has 0 atom stereocenters. The maximum Gasteiger partial charge on any atom is 0.276 e. The largest absolute Gasteiger partial charge is 0.362 e. The van der Waals surface area contributed by atoms with E-state index < -0.39 is 0 Å². The van der Waals surface area contributed by atoms with E-state index in [0.717, 1.165) is 0 Å². The van der Waals surface area contributed by atoms with Crippen LogP contribution < -0.4 is 5.32 Å². The van der Waals surface area contributed by atoms with Crippen molar-refractivity contribution in [1.82, 2.24) is 19.6 Å². The number of nitrogens with zero attached hydrogens (tertiary/aromatic N) is 4. The predicted molar refractivity (Wildman–Crippen MR) is 102 cm³/mol. The van der Waals surface area contributed by atoms with Crippen molar-refractivity contribution < 1.29 is 9.53 Å². The second-order valence-corrected chi connectivity index (χ2v) is 6.18. The van der Waals surface area contributed by atoms with Crippen LogP contribution in [0.3, 0.4) is 0 Å². The maximum atomic E-state index is 12.3. The number of carbonyl (C=O) groups excluding carboxylic acids is 1. The summed E-state index contributed by atoms with van der Waals surface area (Å²) in [6.07, 6.45) is 5.14. The van der Waals surface area contributed by atoms with Crippen LogP contribution in [0, 0.1) is 0 Å². The van der Waals surface area contributed by atoms with E-state index in [1.807, 2.05) is 24.4 Å². The average Bonchev–Trinajstić information content (AvgIpc) is 3.32. The third-order valence-electron chi connectivity index (χ3n) is 4.24. The number of methoxy groups -OCH3 is 1. The number of fused-ring (bicyclic) bond motifs is 1. The molecule has 1 amide bonds. The van der Waals surface area contributed by atoms with Crippen molar-refractivity contribution in [3.63, 3.8) is 0 Å². The molecule has 0 spiro atoms. The lowest BCUT2D eigenvalue weighted by Gasteiger charge is -2.06. The van der Waals surface area contributed by atoms with Crippen LogP contribution in [-0.4, -0.2) is 32.6 Å². The van der Waals surface area contributed by atoms with Crippen molar-refractivity contribution in [2.45, 2.75) is 13.3 Å². The average molecular weight is 361 g/mol.